The van der Waals surface area contributed by atoms with Crippen LogP contribution < -0.4 is 0 Å². The van der Waals surface area contributed by atoms with Crippen molar-refractivity contribution in [1.29, 1.82) is 0 Å². The molecular formula is C15H18ClN. The van der Waals surface area contributed by atoms with Gasteiger partial charge in [0.05, 0.1) is 10.5 Å². The normalized spacial score (nSPS) is 11.0. The minimum atomic E-state index is 0.830. The van der Waals surface area contributed by atoms with Crippen LogP contribution in [-0.2, 0) is 12.8 Å². The van der Waals surface area contributed by atoms with Gasteiger partial charge in [-0.2, -0.15) is 0 Å². The second kappa shape index (κ2) is 5.50. The molecule has 0 atom stereocenters. The van der Waals surface area contributed by atoms with Gasteiger partial charge in [0.1, 0.15) is 0 Å². The number of benzene rings is 1. The van der Waals surface area contributed by atoms with E-state index in [-0.39, 0.29) is 0 Å². The van der Waals surface area contributed by atoms with Gasteiger partial charge >= 0.3 is 0 Å². The van der Waals surface area contributed by atoms with Gasteiger partial charge in [0.2, 0.25) is 0 Å². The van der Waals surface area contributed by atoms with E-state index in [0.29, 0.717) is 0 Å². The Kier molecular flexibility index (Phi) is 4.01. The Balaban J connectivity index is 2.48. The highest BCUT2D eigenvalue weighted by Gasteiger charge is 2.04. The number of aryl methyl sites for hydroxylation is 2. The number of hydrogen-bond acceptors (Lipinski definition) is 1. The van der Waals surface area contributed by atoms with Crippen molar-refractivity contribution < 1.29 is 0 Å². The molecule has 2 aromatic rings. The fourth-order valence-electron chi connectivity index (χ4n) is 2.11. The topological polar surface area (TPSA) is 12.9 Å². The van der Waals surface area contributed by atoms with Crippen molar-refractivity contribution in [2.75, 3.05) is 0 Å². The minimum absolute atomic E-state index is 0.830. The van der Waals surface area contributed by atoms with Crippen LogP contribution in [0.3, 0.4) is 0 Å². The number of hydrogen-bond donors (Lipinski definition) is 0. The highest BCUT2D eigenvalue weighted by atomic mass is 35.5. The second-order valence-corrected chi connectivity index (χ2v) is 4.85. The molecule has 0 fully saturated rings. The van der Waals surface area contributed by atoms with Gasteiger partial charge in [0, 0.05) is 11.1 Å². The molecule has 0 saturated heterocycles. The van der Waals surface area contributed by atoms with Gasteiger partial charge in [0.15, 0.2) is 0 Å². The van der Waals surface area contributed by atoms with Crippen molar-refractivity contribution >= 4 is 22.5 Å². The lowest BCUT2D eigenvalue weighted by atomic mass is 10.1. The molecule has 0 amide bonds. The van der Waals surface area contributed by atoms with Crippen molar-refractivity contribution in [3.05, 3.63) is 40.5 Å². The van der Waals surface area contributed by atoms with E-state index >= 15 is 0 Å². The monoisotopic (exact) mass is 247 g/mol. The highest BCUT2D eigenvalue weighted by molar-refractivity contribution is 6.35. The zero-order valence-corrected chi connectivity index (χ0v) is 11.2. The Labute approximate surface area is 108 Å². The summed E-state index contributed by atoms with van der Waals surface area (Å²) in [5, 5.41) is 1.91. The molecule has 0 unspecified atom stereocenters. The fourth-order valence-corrected chi connectivity index (χ4v) is 2.39. The summed E-state index contributed by atoms with van der Waals surface area (Å²) >= 11 is 6.33. The Hall–Kier alpha value is -1.08. The van der Waals surface area contributed by atoms with E-state index in [1.807, 2.05) is 6.07 Å². The summed E-state index contributed by atoms with van der Waals surface area (Å²) in [5.74, 6) is 0. The molecule has 2 heteroatoms. The molecule has 1 nitrogen and oxygen atoms in total. The third kappa shape index (κ3) is 2.78. The molecule has 0 aliphatic carbocycles. The standard InChI is InChI=1S/C15H18ClN/c1-3-5-11-7-8-15-13(9-11)14(16)10-12(17-15)6-4-2/h7-10H,3-6H2,1-2H3. The summed E-state index contributed by atoms with van der Waals surface area (Å²) in [5.41, 5.74) is 3.45. The number of pyridine rings is 1. The molecule has 0 radical (unpaired) electrons. The van der Waals surface area contributed by atoms with Crippen LogP contribution in [0.5, 0.6) is 0 Å². The zero-order chi connectivity index (χ0) is 12.3. The predicted molar refractivity (Wildman–Crippen MR) is 74.7 cm³/mol. The summed E-state index contributed by atoms with van der Waals surface area (Å²) < 4.78 is 0. The molecule has 1 aromatic heterocycles. The predicted octanol–water partition coefficient (Wildman–Crippen LogP) is 4.79. The lowest BCUT2D eigenvalue weighted by molar-refractivity contribution is 0.889. The Morgan fingerprint density at radius 2 is 1.82 bits per heavy atom. The summed E-state index contributed by atoms with van der Waals surface area (Å²) in [7, 11) is 0. The molecule has 0 bridgehead atoms. The first-order chi connectivity index (χ1) is 8.24. The average Bonchev–Trinajstić information content (AvgIpc) is 2.31. The van der Waals surface area contributed by atoms with Crippen LogP contribution in [0.4, 0.5) is 0 Å². The van der Waals surface area contributed by atoms with Crippen molar-refractivity contribution in [2.24, 2.45) is 0 Å². The summed E-state index contributed by atoms with van der Waals surface area (Å²) in [6.45, 7) is 4.35. The fraction of sp³-hybridized carbons (Fsp3) is 0.400. The lowest BCUT2D eigenvalue weighted by Crippen LogP contribution is -1.92. The summed E-state index contributed by atoms with van der Waals surface area (Å²) in [6, 6.07) is 8.42. The molecule has 1 heterocycles. The third-order valence-corrected chi connectivity index (χ3v) is 3.23. The molecule has 1 aromatic carbocycles. The van der Waals surface area contributed by atoms with Crippen molar-refractivity contribution in [1.82, 2.24) is 4.98 Å². The van der Waals surface area contributed by atoms with E-state index < -0.39 is 0 Å². The smallest absolute Gasteiger partial charge is 0.0720 e. The zero-order valence-electron chi connectivity index (χ0n) is 10.5. The number of aromatic nitrogens is 1. The van der Waals surface area contributed by atoms with Crippen LogP contribution in [0, 0.1) is 0 Å². The van der Waals surface area contributed by atoms with Crippen LogP contribution >= 0.6 is 11.6 Å². The molecular weight excluding hydrogens is 230 g/mol. The minimum Gasteiger partial charge on any atom is -0.253 e. The Bertz CT molecular complexity index is 520. The molecule has 17 heavy (non-hydrogen) atoms. The first kappa shape index (κ1) is 12.4. The van der Waals surface area contributed by atoms with E-state index in [1.54, 1.807) is 0 Å². The van der Waals surface area contributed by atoms with Crippen LogP contribution in [0.1, 0.15) is 37.9 Å². The van der Waals surface area contributed by atoms with Gasteiger partial charge in [-0.1, -0.05) is 44.4 Å². The highest BCUT2D eigenvalue weighted by Crippen LogP contribution is 2.25. The van der Waals surface area contributed by atoms with Gasteiger partial charge in [-0.3, -0.25) is 4.98 Å². The first-order valence-corrected chi connectivity index (χ1v) is 6.70. The molecule has 90 valence electrons. The third-order valence-electron chi connectivity index (χ3n) is 2.92. The SMILES string of the molecule is CCCc1ccc2nc(CCC)cc(Cl)c2c1. The quantitative estimate of drug-likeness (QED) is 0.757. The summed E-state index contributed by atoms with van der Waals surface area (Å²) in [4.78, 5) is 4.64. The van der Waals surface area contributed by atoms with E-state index in [1.165, 1.54) is 5.56 Å². The van der Waals surface area contributed by atoms with Gasteiger partial charge in [-0.15, -0.1) is 0 Å². The van der Waals surface area contributed by atoms with E-state index in [2.05, 4.69) is 37.0 Å². The number of nitrogens with zero attached hydrogens (tertiary/aromatic N) is 1. The molecule has 0 spiro atoms. The number of halogens is 1. The van der Waals surface area contributed by atoms with Gasteiger partial charge in [0.25, 0.3) is 0 Å². The van der Waals surface area contributed by atoms with Gasteiger partial charge in [-0.25, -0.2) is 0 Å². The van der Waals surface area contributed by atoms with Crippen LogP contribution in [-0.4, -0.2) is 4.98 Å². The van der Waals surface area contributed by atoms with E-state index in [0.717, 1.165) is 47.3 Å². The number of rotatable bonds is 4. The summed E-state index contributed by atoms with van der Waals surface area (Å²) in [6.07, 6.45) is 4.35. The van der Waals surface area contributed by atoms with Crippen LogP contribution in [0.15, 0.2) is 24.3 Å². The largest absolute Gasteiger partial charge is 0.253 e. The van der Waals surface area contributed by atoms with Gasteiger partial charge < -0.3 is 0 Å². The van der Waals surface area contributed by atoms with Crippen molar-refractivity contribution in [3.63, 3.8) is 0 Å². The maximum atomic E-state index is 6.33. The molecule has 0 saturated carbocycles. The lowest BCUT2D eigenvalue weighted by Gasteiger charge is -2.06. The second-order valence-electron chi connectivity index (χ2n) is 4.45. The maximum absolute atomic E-state index is 6.33. The molecule has 0 aliphatic rings. The average molecular weight is 248 g/mol. The van der Waals surface area contributed by atoms with Crippen LogP contribution in [0.2, 0.25) is 5.02 Å². The Morgan fingerprint density at radius 3 is 2.53 bits per heavy atom. The van der Waals surface area contributed by atoms with Crippen LogP contribution in [0.25, 0.3) is 10.9 Å². The van der Waals surface area contributed by atoms with E-state index in [9.17, 15) is 0 Å². The van der Waals surface area contributed by atoms with Gasteiger partial charge in [-0.05, 0) is 36.6 Å². The Morgan fingerprint density at radius 1 is 1.06 bits per heavy atom. The molecule has 2 rings (SSSR count). The number of fused-ring (bicyclic) bond motifs is 1. The molecule has 0 N–H and O–H groups in total. The molecule has 0 aliphatic heterocycles. The first-order valence-electron chi connectivity index (χ1n) is 6.32. The van der Waals surface area contributed by atoms with E-state index in [4.69, 9.17) is 11.6 Å². The van der Waals surface area contributed by atoms with Crippen molar-refractivity contribution in [2.45, 2.75) is 39.5 Å². The maximum Gasteiger partial charge on any atom is 0.0720 e. The van der Waals surface area contributed by atoms with Crippen molar-refractivity contribution in [3.8, 4) is 0 Å².